The molecule has 5 heteroatoms. The van der Waals surface area contributed by atoms with E-state index in [2.05, 4.69) is 0 Å². The van der Waals surface area contributed by atoms with Crippen molar-refractivity contribution in [3.8, 4) is 0 Å². The second kappa shape index (κ2) is 11.3. The average Bonchev–Trinajstić information content (AvgIpc) is 2.50. The van der Waals surface area contributed by atoms with Gasteiger partial charge < -0.3 is 9.30 Å². The summed E-state index contributed by atoms with van der Waals surface area (Å²) < 4.78 is 13.6. The lowest BCUT2D eigenvalue weighted by atomic mass is 9.85. The van der Waals surface area contributed by atoms with Gasteiger partial charge in [-0.2, -0.15) is 0 Å². The molecular formula is C20H33O4P. The van der Waals surface area contributed by atoms with Crippen LogP contribution in [0.5, 0.6) is 0 Å². The van der Waals surface area contributed by atoms with Crippen molar-refractivity contribution in [1.82, 2.24) is 0 Å². The van der Waals surface area contributed by atoms with Crippen molar-refractivity contribution in [1.29, 1.82) is 0 Å². The molecule has 1 aromatic carbocycles. The van der Waals surface area contributed by atoms with Crippen LogP contribution < -0.4 is 0 Å². The molecule has 0 bridgehead atoms. The number of aryl methyl sites for hydroxylation is 3. The Morgan fingerprint density at radius 2 is 1.44 bits per heavy atom. The second-order valence-corrected chi connectivity index (χ2v) is 7.34. The molecule has 142 valence electrons. The largest absolute Gasteiger partial charge is 0.465 e. The number of rotatable bonds is 7. The molecule has 25 heavy (non-hydrogen) atoms. The molecular weight excluding hydrogens is 335 g/mol. The van der Waals surface area contributed by atoms with Crippen LogP contribution in [-0.2, 0) is 14.1 Å². The van der Waals surface area contributed by atoms with E-state index in [-0.39, 0.29) is 17.6 Å². The number of benzene rings is 1. The normalized spacial score (nSPS) is 11.9. The Labute approximate surface area is 154 Å². The van der Waals surface area contributed by atoms with Crippen LogP contribution in [0.15, 0.2) is 12.1 Å². The van der Waals surface area contributed by atoms with Gasteiger partial charge in [0, 0.05) is 5.56 Å². The van der Waals surface area contributed by atoms with Crippen LogP contribution in [-0.4, -0.2) is 18.4 Å². The zero-order valence-corrected chi connectivity index (χ0v) is 18.1. The standard InChI is InChI=1S/C20H30O3.H3OP/c1-12(2)8-17(20(22)23-11-13(3)4)19(21)18-15(6)9-14(5)10-16(18)7;1-2/h9-10,12-13,17H,8,11H2,1-7H3;2H3. The Hall–Kier alpha value is -1.41. The predicted octanol–water partition coefficient (Wildman–Crippen LogP) is 4.60. The summed E-state index contributed by atoms with van der Waals surface area (Å²) in [7, 11) is 0.611. The Balaban J connectivity index is 0.00000277. The molecule has 0 radical (unpaired) electrons. The first-order valence-corrected chi connectivity index (χ1v) is 9.28. The Kier molecular flexibility index (Phi) is 10.6. The van der Waals surface area contributed by atoms with Gasteiger partial charge in [-0.3, -0.25) is 9.59 Å². The zero-order chi connectivity index (χ0) is 19.7. The highest BCUT2D eigenvalue weighted by atomic mass is 31.0. The molecule has 0 amide bonds. The van der Waals surface area contributed by atoms with Crippen LogP contribution in [0.4, 0.5) is 0 Å². The fourth-order valence-electron chi connectivity index (χ4n) is 2.87. The van der Waals surface area contributed by atoms with E-state index in [4.69, 9.17) is 9.30 Å². The SMILES string of the molecule is Cc1cc(C)c(C(=O)C(CC(C)C)C(=O)OCC(C)C)c(C)c1.O=[PH3]. The third-order valence-corrected chi connectivity index (χ3v) is 3.79. The molecule has 0 heterocycles. The van der Waals surface area contributed by atoms with Crippen LogP contribution in [0.2, 0.25) is 0 Å². The van der Waals surface area contributed by atoms with Crippen molar-refractivity contribution < 1.29 is 18.9 Å². The smallest absolute Gasteiger partial charge is 0.316 e. The molecule has 4 nitrogen and oxygen atoms in total. The molecule has 2 atom stereocenters. The van der Waals surface area contributed by atoms with Gasteiger partial charge in [0.15, 0.2) is 5.78 Å². The quantitative estimate of drug-likeness (QED) is 0.305. The molecule has 2 unspecified atom stereocenters. The van der Waals surface area contributed by atoms with E-state index in [1.165, 1.54) is 0 Å². The van der Waals surface area contributed by atoms with E-state index < -0.39 is 11.9 Å². The van der Waals surface area contributed by atoms with Gasteiger partial charge in [-0.25, -0.2) is 0 Å². The third-order valence-electron chi connectivity index (χ3n) is 3.79. The van der Waals surface area contributed by atoms with E-state index in [0.29, 0.717) is 27.7 Å². The summed E-state index contributed by atoms with van der Waals surface area (Å²) in [4.78, 5) is 25.5. The van der Waals surface area contributed by atoms with Crippen molar-refractivity contribution in [3.05, 3.63) is 34.4 Å². The van der Waals surface area contributed by atoms with Crippen LogP contribution >= 0.6 is 9.12 Å². The van der Waals surface area contributed by atoms with Crippen LogP contribution in [0.3, 0.4) is 0 Å². The summed E-state index contributed by atoms with van der Waals surface area (Å²) in [6.45, 7) is 14.2. The lowest BCUT2D eigenvalue weighted by molar-refractivity contribution is -0.148. The number of carbonyl (C=O) groups is 2. The van der Waals surface area contributed by atoms with Crippen molar-refractivity contribution >= 4 is 20.9 Å². The van der Waals surface area contributed by atoms with Crippen molar-refractivity contribution in [2.24, 2.45) is 17.8 Å². The summed E-state index contributed by atoms with van der Waals surface area (Å²) in [5.41, 5.74) is 3.65. The fraction of sp³-hybridized carbons (Fsp3) is 0.600. The van der Waals surface area contributed by atoms with Gasteiger partial charge in [0.1, 0.15) is 5.92 Å². The number of hydrogen-bond acceptors (Lipinski definition) is 4. The maximum Gasteiger partial charge on any atom is 0.316 e. The van der Waals surface area contributed by atoms with Gasteiger partial charge in [0.05, 0.1) is 15.7 Å². The number of carbonyl (C=O) groups excluding carboxylic acids is 2. The van der Waals surface area contributed by atoms with Crippen LogP contribution in [0, 0.1) is 38.5 Å². The number of ether oxygens (including phenoxy) is 1. The summed E-state index contributed by atoms with van der Waals surface area (Å²) in [5, 5.41) is 0. The molecule has 0 aliphatic carbocycles. The molecule has 1 aromatic rings. The highest BCUT2D eigenvalue weighted by Crippen LogP contribution is 2.25. The van der Waals surface area contributed by atoms with E-state index >= 15 is 0 Å². The molecule has 0 N–H and O–H groups in total. The molecule has 0 aromatic heterocycles. The highest BCUT2D eigenvalue weighted by Gasteiger charge is 2.31. The van der Waals surface area contributed by atoms with Crippen molar-refractivity contribution in [3.63, 3.8) is 0 Å². The van der Waals surface area contributed by atoms with E-state index in [9.17, 15) is 9.59 Å². The first-order chi connectivity index (χ1) is 11.6. The van der Waals surface area contributed by atoms with E-state index in [1.54, 1.807) is 0 Å². The number of hydrogen-bond donors (Lipinski definition) is 0. The van der Waals surface area contributed by atoms with E-state index in [1.807, 2.05) is 60.6 Å². The van der Waals surface area contributed by atoms with Crippen molar-refractivity contribution in [2.45, 2.75) is 54.9 Å². The molecule has 1 rings (SSSR count). The molecule has 0 saturated carbocycles. The van der Waals surface area contributed by atoms with Gasteiger partial charge in [0.25, 0.3) is 0 Å². The van der Waals surface area contributed by atoms with Crippen molar-refractivity contribution in [2.75, 3.05) is 6.61 Å². The first kappa shape index (κ1) is 23.6. The first-order valence-electron chi connectivity index (χ1n) is 8.71. The summed E-state index contributed by atoms with van der Waals surface area (Å²) in [6, 6.07) is 3.98. The Bertz CT molecular complexity index is 570. The van der Waals surface area contributed by atoms with Gasteiger partial charge in [-0.05, 0) is 50.2 Å². The van der Waals surface area contributed by atoms with Gasteiger partial charge in [0.2, 0.25) is 0 Å². The second-order valence-electron chi connectivity index (χ2n) is 7.34. The third kappa shape index (κ3) is 7.56. The highest BCUT2D eigenvalue weighted by molar-refractivity contribution is 7.00. The summed E-state index contributed by atoms with van der Waals surface area (Å²) in [6.07, 6.45) is 0.516. The summed E-state index contributed by atoms with van der Waals surface area (Å²) in [5.74, 6) is -0.703. The predicted molar refractivity (Wildman–Crippen MR) is 106 cm³/mol. The number of esters is 1. The minimum Gasteiger partial charge on any atom is -0.465 e. The maximum absolute atomic E-state index is 13.0. The van der Waals surface area contributed by atoms with Gasteiger partial charge >= 0.3 is 5.97 Å². The van der Waals surface area contributed by atoms with Gasteiger partial charge in [-0.1, -0.05) is 45.4 Å². The Morgan fingerprint density at radius 3 is 1.84 bits per heavy atom. The molecule has 0 aliphatic rings. The molecule has 0 saturated heterocycles. The zero-order valence-electron chi connectivity index (χ0n) is 16.6. The monoisotopic (exact) mass is 368 g/mol. The van der Waals surface area contributed by atoms with E-state index in [0.717, 1.165) is 16.7 Å². The van der Waals surface area contributed by atoms with Crippen LogP contribution in [0.1, 0.15) is 61.2 Å². The Morgan fingerprint density at radius 1 is 0.960 bits per heavy atom. The molecule has 0 spiro atoms. The minimum atomic E-state index is -0.714. The minimum absolute atomic E-state index is 0.109. The number of Topliss-reactive ketones (excluding diaryl/α,β-unsaturated/α-hetero) is 1. The average molecular weight is 368 g/mol. The van der Waals surface area contributed by atoms with Crippen LogP contribution in [0.25, 0.3) is 0 Å². The topological polar surface area (TPSA) is 60.4 Å². The summed E-state index contributed by atoms with van der Waals surface area (Å²) >= 11 is 0. The lowest BCUT2D eigenvalue weighted by Gasteiger charge is -2.20. The van der Waals surface area contributed by atoms with Gasteiger partial charge in [-0.15, -0.1) is 0 Å². The lowest BCUT2D eigenvalue weighted by Crippen LogP contribution is -2.29. The fourth-order valence-corrected chi connectivity index (χ4v) is 2.87. The number of ketones is 1. The molecule has 0 fully saturated rings. The maximum atomic E-state index is 13.0. The molecule has 0 aliphatic heterocycles.